The Balaban J connectivity index is 1.84. The lowest BCUT2D eigenvalue weighted by Gasteiger charge is -2.27. The molecule has 5 heteroatoms. The van der Waals surface area contributed by atoms with Crippen LogP contribution >= 0.6 is 0 Å². The van der Waals surface area contributed by atoms with Crippen LogP contribution in [0.5, 0.6) is 0 Å². The maximum atomic E-state index is 9.26. The van der Waals surface area contributed by atoms with Crippen molar-refractivity contribution in [1.82, 2.24) is 10.6 Å². The van der Waals surface area contributed by atoms with Crippen LogP contribution in [0.15, 0.2) is 29.3 Å². The Kier molecular flexibility index (Phi) is 6.21. The summed E-state index contributed by atoms with van der Waals surface area (Å²) in [6.07, 6.45) is 1.74. The van der Waals surface area contributed by atoms with Crippen molar-refractivity contribution in [3.63, 3.8) is 0 Å². The van der Waals surface area contributed by atoms with Crippen molar-refractivity contribution in [1.29, 1.82) is 0 Å². The quantitative estimate of drug-likeness (QED) is 0.550. The molecule has 1 fully saturated rings. The van der Waals surface area contributed by atoms with Gasteiger partial charge in [0.2, 0.25) is 0 Å². The molecule has 1 saturated heterocycles. The number of benzene rings is 1. The molecule has 1 aromatic carbocycles. The third-order valence-corrected chi connectivity index (χ3v) is 4.22. The summed E-state index contributed by atoms with van der Waals surface area (Å²) < 4.78 is 5.51. The fourth-order valence-electron chi connectivity index (χ4n) is 2.81. The number of aliphatic hydroxyl groups excluding tert-OH is 1. The van der Waals surface area contributed by atoms with Crippen molar-refractivity contribution in [2.75, 3.05) is 33.4 Å². The molecule has 0 spiro atoms. The van der Waals surface area contributed by atoms with Gasteiger partial charge < -0.3 is 20.5 Å². The van der Waals surface area contributed by atoms with Crippen molar-refractivity contribution in [2.24, 2.45) is 10.4 Å². The van der Waals surface area contributed by atoms with Crippen LogP contribution < -0.4 is 10.6 Å². The van der Waals surface area contributed by atoms with Crippen LogP contribution in [0.3, 0.4) is 0 Å². The lowest BCUT2D eigenvalue weighted by atomic mass is 9.84. The highest BCUT2D eigenvalue weighted by Crippen LogP contribution is 2.31. The Labute approximate surface area is 132 Å². The van der Waals surface area contributed by atoms with Crippen molar-refractivity contribution in [3.8, 4) is 0 Å². The molecule has 22 heavy (non-hydrogen) atoms. The number of rotatable bonds is 6. The highest BCUT2D eigenvalue weighted by molar-refractivity contribution is 5.79. The van der Waals surface area contributed by atoms with Crippen molar-refractivity contribution < 1.29 is 9.84 Å². The standard InChI is InChI=1S/C17H27N3O2/c1-14-4-3-5-15(10-14)11-19-16(18-2)20-12-17(6-8-21)7-9-22-13-17/h3-5,10,21H,6-9,11-13H2,1-2H3,(H2,18,19,20). The molecule has 122 valence electrons. The van der Waals surface area contributed by atoms with Gasteiger partial charge in [0.15, 0.2) is 5.96 Å². The van der Waals surface area contributed by atoms with E-state index in [0.717, 1.165) is 38.5 Å². The molecule has 1 atom stereocenters. The Hall–Kier alpha value is -1.59. The lowest BCUT2D eigenvalue weighted by Crippen LogP contribution is -2.44. The number of nitrogens with one attached hydrogen (secondary N) is 2. The van der Waals surface area contributed by atoms with Crippen molar-refractivity contribution >= 4 is 5.96 Å². The van der Waals surface area contributed by atoms with Crippen LogP contribution in [0.1, 0.15) is 24.0 Å². The molecule has 0 aliphatic carbocycles. The second-order valence-corrected chi connectivity index (χ2v) is 6.04. The van der Waals surface area contributed by atoms with Gasteiger partial charge in [-0.2, -0.15) is 0 Å². The van der Waals surface area contributed by atoms with Crippen LogP contribution in [-0.4, -0.2) is 44.5 Å². The molecule has 0 aromatic heterocycles. The van der Waals surface area contributed by atoms with Gasteiger partial charge in [-0.05, 0) is 25.3 Å². The summed E-state index contributed by atoms with van der Waals surface area (Å²) in [6, 6.07) is 8.42. The third-order valence-electron chi connectivity index (χ3n) is 4.22. The number of guanidine groups is 1. The monoisotopic (exact) mass is 305 g/mol. The van der Waals surface area contributed by atoms with E-state index in [-0.39, 0.29) is 12.0 Å². The normalized spacial score (nSPS) is 21.9. The molecule has 1 heterocycles. The second-order valence-electron chi connectivity index (χ2n) is 6.04. The van der Waals surface area contributed by atoms with Gasteiger partial charge in [0.05, 0.1) is 6.61 Å². The summed E-state index contributed by atoms with van der Waals surface area (Å²) in [7, 11) is 1.77. The van der Waals surface area contributed by atoms with E-state index in [1.165, 1.54) is 11.1 Å². The van der Waals surface area contributed by atoms with E-state index in [1.54, 1.807) is 7.05 Å². The topological polar surface area (TPSA) is 65.9 Å². The van der Waals surface area contributed by atoms with Gasteiger partial charge in [-0.3, -0.25) is 4.99 Å². The van der Waals surface area contributed by atoms with Gasteiger partial charge >= 0.3 is 0 Å². The minimum absolute atomic E-state index is 0.0235. The SMILES string of the molecule is CN=C(NCc1cccc(C)c1)NCC1(CCO)CCOC1. The van der Waals surface area contributed by atoms with Crippen molar-refractivity contribution in [3.05, 3.63) is 35.4 Å². The molecule has 1 aliphatic heterocycles. The number of nitrogens with zero attached hydrogens (tertiary/aromatic N) is 1. The van der Waals surface area contributed by atoms with E-state index in [4.69, 9.17) is 4.74 Å². The first kappa shape index (κ1) is 16.8. The van der Waals surface area contributed by atoms with Gasteiger partial charge in [-0.15, -0.1) is 0 Å². The zero-order chi connectivity index (χ0) is 15.8. The third kappa shape index (κ3) is 4.71. The Morgan fingerprint density at radius 3 is 2.91 bits per heavy atom. The summed E-state index contributed by atoms with van der Waals surface area (Å²) >= 11 is 0. The molecular weight excluding hydrogens is 278 g/mol. The van der Waals surface area contributed by atoms with E-state index in [0.29, 0.717) is 6.61 Å². The van der Waals surface area contributed by atoms with E-state index < -0.39 is 0 Å². The first-order valence-corrected chi connectivity index (χ1v) is 7.86. The van der Waals surface area contributed by atoms with E-state index >= 15 is 0 Å². The maximum Gasteiger partial charge on any atom is 0.191 e. The minimum atomic E-state index is 0.0235. The number of hydrogen-bond donors (Lipinski definition) is 3. The molecule has 3 N–H and O–H groups in total. The van der Waals surface area contributed by atoms with E-state index in [2.05, 4.69) is 46.8 Å². The predicted molar refractivity (Wildman–Crippen MR) is 89.0 cm³/mol. The lowest BCUT2D eigenvalue weighted by molar-refractivity contribution is 0.127. The number of aliphatic hydroxyl groups is 1. The first-order valence-electron chi connectivity index (χ1n) is 7.86. The summed E-state index contributed by atoms with van der Waals surface area (Å²) in [5.41, 5.74) is 2.51. The smallest absolute Gasteiger partial charge is 0.191 e. The van der Waals surface area contributed by atoms with Crippen molar-refractivity contribution in [2.45, 2.75) is 26.3 Å². The molecule has 0 amide bonds. The molecule has 5 nitrogen and oxygen atoms in total. The number of ether oxygens (including phenoxy) is 1. The Morgan fingerprint density at radius 2 is 2.27 bits per heavy atom. The summed E-state index contributed by atoms with van der Waals surface area (Å²) in [4.78, 5) is 4.27. The van der Waals surface area contributed by atoms with E-state index in [1.807, 2.05) is 0 Å². The molecule has 0 saturated carbocycles. The zero-order valence-corrected chi connectivity index (χ0v) is 13.6. The average Bonchev–Trinajstić information content (AvgIpc) is 2.97. The minimum Gasteiger partial charge on any atom is -0.396 e. The van der Waals surface area contributed by atoms with E-state index in [9.17, 15) is 5.11 Å². The molecule has 1 aliphatic rings. The molecular formula is C17H27N3O2. The Morgan fingerprint density at radius 1 is 1.41 bits per heavy atom. The van der Waals surface area contributed by atoms with Gasteiger partial charge in [-0.1, -0.05) is 29.8 Å². The molecule has 0 bridgehead atoms. The largest absolute Gasteiger partial charge is 0.396 e. The average molecular weight is 305 g/mol. The number of aryl methyl sites for hydroxylation is 1. The first-order chi connectivity index (χ1) is 10.7. The van der Waals surface area contributed by atoms with Gasteiger partial charge in [0.25, 0.3) is 0 Å². The van der Waals surface area contributed by atoms with Crippen LogP contribution in [0.25, 0.3) is 0 Å². The fraction of sp³-hybridized carbons (Fsp3) is 0.588. The van der Waals surface area contributed by atoms with Gasteiger partial charge in [0, 0.05) is 38.8 Å². The maximum absolute atomic E-state index is 9.26. The Bertz CT molecular complexity index is 496. The van der Waals surface area contributed by atoms with Crippen LogP contribution in [0.2, 0.25) is 0 Å². The van der Waals surface area contributed by atoms with Crippen LogP contribution in [0.4, 0.5) is 0 Å². The highest BCUT2D eigenvalue weighted by Gasteiger charge is 2.34. The summed E-state index contributed by atoms with van der Waals surface area (Å²) in [5, 5.41) is 16.0. The predicted octanol–water partition coefficient (Wildman–Crippen LogP) is 1.45. The number of aliphatic imine (C=N–C) groups is 1. The summed E-state index contributed by atoms with van der Waals surface area (Å²) in [6.45, 7) is 5.27. The summed E-state index contributed by atoms with van der Waals surface area (Å²) in [5.74, 6) is 0.783. The van der Waals surface area contributed by atoms with Crippen LogP contribution in [0, 0.1) is 12.3 Å². The van der Waals surface area contributed by atoms with Gasteiger partial charge in [-0.25, -0.2) is 0 Å². The van der Waals surface area contributed by atoms with Gasteiger partial charge in [0.1, 0.15) is 0 Å². The molecule has 0 radical (unpaired) electrons. The molecule has 1 aromatic rings. The van der Waals surface area contributed by atoms with Crippen LogP contribution in [-0.2, 0) is 11.3 Å². The fourth-order valence-corrected chi connectivity index (χ4v) is 2.81. The second kappa shape index (κ2) is 8.15. The highest BCUT2D eigenvalue weighted by atomic mass is 16.5. The molecule has 2 rings (SSSR count). The zero-order valence-electron chi connectivity index (χ0n) is 13.6. The molecule has 1 unspecified atom stereocenters. The number of hydrogen-bond acceptors (Lipinski definition) is 3.